The first kappa shape index (κ1) is 21.9. The van der Waals surface area contributed by atoms with Crippen LogP contribution in [0.1, 0.15) is 43.7 Å². The van der Waals surface area contributed by atoms with Crippen LogP contribution in [0.2, 0.25) is 5.02 Å². The molecule has 0 saturated heterocycles. The van der Waals surface area contributed by atoms with E-state index in [1.54, 1.807) is 15.6 Å². The Morgan fingerprint density at radius 1 is 0.912 bits per heavy atom. The highest BCUT2D eigenvalue weighted by molar-refractivity contribution is 6.31. The smallest absolute Gasteiger partial charge is 0.272 e. The molecule has 1 aromatic heterocycles. The third-order valence-corrected chi connectivity index (χ3v) is 6.33. The van der Waals surface area contributed by atoms with Gasteiger partial charge in [0.2, 0.25) is 0 Å². The molecule has 1 aliphatic rings. The Kier molecular flexibility index (Phi) is 6.14. The molecule has 3 aromatic carbocycles. The summed E-state index contributed by atoms with van der Waals surface area (Å²) in [6.07, 6.45) is 0. The van der Waals surface area contributed by atoms with Gasteiger partial charge in [-0.2, -0.15) is 5.10 Å². The number of amides is 2. The van der Waals surface area contributed by atoms with Gasteiger partial charge in [-0.1, -0.05) is 90.5 Å². The molecular weight excluding hydrogens is 448 g/mol. The van der Waals surface area contributed by atoms with Crippen LogP contribution in [-0.4, -0.2) is 33.0 Å². The van der Waals surface area contributed by atoms with Crippen LogP contribution < -0.4 is 5.32 Å². The van der Waals surface area contributed by atoms with Crippen molar-refractivity contribution < 1.29 is 9.59 Å². The first-order valence-electron chi connectivity index (χ1n) is 11.1. The predicted octanol–water partition coefficient (Wildman–Crippen LogP) is 4.71. The van der Waals surface area contributed by atoms with Gasteiger partial charge in [0, 0.05) is 24.2 Å². The second-order valence-corrected chi connectivity index (χ2v) is 8.59. The van der Waals surface area contributed by atoms with Gasteiger partial charge in [-0.3, -0.25) is 14.3 Å². The van der Waals surface area contributed by atoms with Crippen molar-refractivity contribution in [3.8, 4) is 0 Å². The highest BCUT2D eigenvalue weighted by atomic mass is 35.5. The van der Waals surface area contributed by atoms with E-state index in [2.05, 4.69) is 10.4 Å². The van der Waals surface area contributed by atoms with E-state index in [1.165, 1.54) is 0 Å². The van der Waals surface area contributed by atoms with E-state index >= 15 is 0 Å². The number of carbonyl (C=O) groups is 2. The molecule has 0 fully saturated rings. The number of halogens is 1. The average Bonchev–Trinajstić information content (AvgIpc) is 3.32. The van der Waals surface area contributed by atoms with Crippen LogP contribution in [-0.2, 0) is 13.1 Å². The summed E-state index contributed by atoms with van der Waals surface area (Å²) in [4.78, 5) is 28.1. The number of fused-ring (bicyclic) bond motifs is 1. The molecule has 2 heterocycles. The van der Waals surface area contributed by atoms with Crippen molar-refractivity contribution in [3.63, 3.8) is 0 Å². The summed E-state index contributed by atoms with van der Waals surface area (Å²) in [7, 11) is 0. The zero-order valence-corrected chi connectivity index (χ0v) is 19.2. The monoisotopic (exact) mass is 470 g/mol. The standard InChI is InChI=1S/C27H23ClN4O2/c28-22-14-8-7-13-21(22)18-31-15-16-32-24(27(31)34)17-23(30-32)26(33)29-25(19-9-3-1-4-10-19)20-11-5-2-6-12-20/h1-14,17,25H,15-16,18H2,(H,29,33). The molecular formula is C27H23ClN4O2. The molecule has 0 unspecified atom stereocenters. The first-order chi connectivity index (χ1) is 16.6. The molecule has 7 heteroatoms. The van der Waals surface area contributed by atoms with Gasteiger partial charge in [-0.05, 0) is 22.8 Å². The molecule has 1 aliphatic heterocycles. The van der Waals surface area contributed by atoms with E-state index in [9.17, 15) is 9.59 Å². The quantitative estimate of drug-likeness (QED) is 0.443. The molecule has 2 amide bonds. The predicted molar refractivity (Wildman–Crippen MR) is 131 cm³/mol. The Morgan fingerprint density at radius 2 is 1.53 bits per heavy atom. The van der Waals surface area contributed by atoms with E-state index in [0.29, 0.717) is 30.4 Å². The van der Waals surface area contributed by atoms with Crippen LogP contribution in [0.15, 0.2) is 91.0 Å². The van der Waals surface area contributed by atoms with Crippen molar-refractivity contribution in [2.45, 2.75) is 19.1 Å². The summed E-state index contributed by atoms with van der Waals surface area (Å²) in [6.45, 7) is 1.42. The van der Waals surface area contributed by atoms with E-state index < -0.39 is 0 Å². The molecule has 0 saturated carbocycles. The van der Waals surface area contributed by atoms with Gasteiger partial charge in [-0.25, -0.2) is 0 Å². The molecule has 0 bridgehead atoms. The van der Waals surface area contributed by atoms with E-state index in [0.717, 1.165) is 16.7 Å². The van der Waals surface area contributed by atoms with E-state index in [1.807, 2.05) is 84.9 Å². The summed E-state index contributed by atoms with van der Waals surface area (Å²) in [5.74, 6) is -0.495. The largest absolute Gasteiger partial charge is 0.340 e. The Balaban J connectivity index is 1.37. The zero-order valence-electron chi connectivity index (χ0n) is 18.4. The lowest BCUT2D eigenvalue weighted by atomic mass is 9.98. The molecule has 0 radical (unpaired) electrons. The summed E-state index contributed by atoms with van der Waals surface area (Å²) in [6, 6.07) is 28.3. The van der Waals surface area contributed by atoms with Crippen LogP contribution in [0.5, 0.6) is 0 Å². The lowest BCUT2D eigenvalue weighted by Crippen LogP contribution is -2.39. The maximum Gasteiger partial charge on any atom is 0.272 e. The van der Waals surface area contributed by atoms with Crippen molar-refractivity contribution in [2.75, 3.05) is 6.54 Å². The number of benzene rings is 3. The third-order valence-electron chi connectivity index (χ3n) is 5.96. The molecule has 0 aliphatic carbocycles. The fraction of sp³-hybridized carbons (Fsp3) is 0.148. The van der Waals surface area contributed by atoms with E-state index in [4.69, 9.17) is 11.6 Å². The van der Waals surface area contributed by atoms with Crippen molar-refractivity contribution in [1.29, 1.82) is 0 Å². The fourth-order valence-corrected chi connectivity index (χ4v) is 4.38. The van der Waals surface area contributed by atoms with Crippen molar-refractivity contribution in [3.05, 3.63) is 124 Å². The molecule has 5 rings (SSSR count). The van der Waals surface area contributed by atoms with Crippen LogP contribution in [0.4, 0.5) is 0 Å². The van der Waals surface area contributed by atoms with Crippen LogP contribution in [0.3, 0.4) is 0 Å². The molecule has 4 aromatic rings. The first-order valence-corrected chi connectivity index (χ1v) is 11.5. The molecule has 6 nitrogen and oxygen atoms in total. The Bertz CT molecular complexity index is 1280. The Morgan fingerprint density at radius 3 is 2.18 bits per heavy atom. The maximum absolute atomic E-state index is 13.2. The fourth-order valence-electron chi connectivity index (χ4n) is 4.19. The normalized spacial score (nSPS) is 13.1. The minimum Gasteiger partial charge on any atom is -0.340 e. The van der Waals surface area contributed by atoms with Crippen molar-refractivity contribution in [2.24, 2.45) is 0 Å². The van der Waals surface area contributed by atoms with Gasteiger partial charge in [0.05, 0.1) is 12.6 Å². The number of hydrogen-bond donors (Lipinski definition) is 1. The second-order valence-electron chi connectivity index (χ2n) is 8.18. The number of nitrogens with one attached hydrogen (secondary N) is 1. The topological polar surface area (TPSA) is 67.2 Å². The van der Waals surface area contributed by atoms with Gasteiger partial charge >= 0.3 is 0 Å². The van der Waals surface area contributed by atoms with Gasteiger partial charge < -0.3 is 10.2 Å². The van der Waals surface area contributed by atoms with E-state index in [-0.39, 0.29) is 23.6 Å². The average molecular weight is 471 g/mol. The minimum absolute atomic E-state index is 0.166. The Labute approximate surface area is 202 Å². The third kappa shape index (κ3) is 4.45. The summed E-state index contributed by atoms with van der Waals surface area (Å²) in [5.41, 5.74) is 3.44. The minimum atomic E-state index is -0.332. The van der Waals surface area contributed by atoms with Crippen LogP contribution in [0, 0.1) is 0 Å². The number of nitrogens with zero attached hydrogens (tertiary/aromatic N) is 3. The van der Waals surface area contributed by atoms with Crippen LogP contribution in [0.25, 0.3) is 0 Å². The number of aromatic nitrogens is 2. The Hall–Kier alpha value is -3.90. The molecule has 0 spiro atoms. The number of hydrogen-bond acceptors (Lipinski definition) is 3. The van der Waals surface area contributed by atoms with Gasteiger partial charge in [0.1, 0.15) is 5.69 Å². The lowest BCUT2D eigenvalue weighted by Gasteiger charge is -2.27. The highest BCUT2D eigenvalue weighted by Crippen LogP contribution is 2.24. The van der Waals surface area contributed by atoms with Crippen molar-refractivity contribution in [1.82, 2.24) is 20.0 Å². The van der Waals surface area contributed by atoms with Crippen molar-refractivity contribution >= 4 is 23.4 Å². The number of rotatable bonds is 6. The zero-order chi connectivity index (χ0) is 23.5. The SMILES string of the molecule is O=C(NC(c1ccccc1)c1ccccc1)c1cc2n(n1)CCN(Cc1ccccc1Cl)C2=O. The number of carbonyl (C=O) groups excluding carboxylic acids is 2. The molecule has 0 atom stereocenters. The summed E-state index contributed by atoms with van der Waals surface area (Å²) in [5, 5.41) is 8.15. The molecule has 1 N–H and O–H groups in total. The molecule has 170 valence electrons. The molecule has 34 heavy (non-hydrogen) atoms. The summed E-state index contributed by atoms with van der Waals surface area (Å²) >= 11 is 6.28. The summed E-state index contributed by atoms with van der Waals surface area (Å²) < 4.78 is 1.61. The lowest BCUT2D eigenvalue weighted by molar-refractivity contribution is 0.0683. The van der Waals surface area contributed by atoms with Gasteiger partial charge in [0.25, 0.3) is 11.8 Å². The second kappa shape index (κ2) is 9.53. The van der Waals surface area contributed by atoms with Gasteiger partial charge in [0.15, 0.2) is 5.69 Å². The maximum atomic E-state index is 13.2. The van der Waals surface area contributed by atoms with Gasteiger partial charge in [-0.15, -0.1) is 0 Å². The highest BCUT2D eigenvalue weighted by Gasteiger charge is 2.29. The van der Waals surface area contributed by atoms with Crippen LogP contribution >= 0.6 is 11.6 Å².